The van der Waals surface area contributed by atoms with Gasteiger partial charge < -0.3 is 20.3 Å². The smallest absolute Gasteiger partial charge is 0.255 e. The Morgan fingerprint density at radius 1 is 1.21 bits per heavy atom. The Morgan fingerprint density at radius 2 is 1.96 bits per heavy atom. The molecule has 6 heteroatoms. The van der Waals surface area contributed by atoms with Gasteiger partial charge in [0, 0.05) is 56.5 Å². The Bertz CT molecular complexity index is 755. The molecule has 2 aromatic rings. The third-order valence-electron chi connectivity index (χ3n) is 5.13. The van der Waals surface area contributed by atoms with Crippen LogP contribution in [0.1, 0.15) is 36.5 Å². The van der Waals surface area contributed by atoms with Gasteiger partial charge in [-0.2, -0.15) is 0 Å². The van der Waals surface area contributed by atoms with Gasteiger partial charge in [-0.3, -0.25) is 4.79 Å². The number of nitrogens with zero attached hydrogens (tertiary/aromatic N) is 2. The van der Waals surface area contributed by atoms with E-state index in [0.29, 0.717) is 18.0 Å². The van der Waals surface area contributed by atoms with Gasteiger partial charge in [-0.15, -0.1) is 0 Å². The van der Waals surface area contributed by atoms with Crippen molar-refractivity contribution in [2.75, 3.05) is 48.9 Å². The normalized spacial score (nSPS) is 14.7. The maximum atomic E-state index is 12.6. The minimum atomic E-state index is -0.137. The van der Waals surface area contributed by atoms with E-state index in [4.69, 9.17) is 4.74 Å². The number of rotatable bonds is 8. The van der Waals surface area contributed by atoms with Crippen molar-refractivity contribution >= 4 is 23.1 Å². The summed E-state index contributed by atoms with van der Waals surface area (Å²) in [7, 11) is 1.68. The molecule has 1 aliphatic heterocycles. The van der Waals surface area contributed by atoms with Crippen LogP contribution in [0.2, 0.25) is 0 Å². The van der Waals surface area contributed by atoms with Crippen molar-refractivity contribution in [3.8, 4) is 0 Å². The van der Waals surface area contributed by atoms with Crippen molar-refractivity contribution in [3.63, 3.8) is 0 Å². The number of hydrogen-bond acceptors (Lipinski definition) is 5. The Morgan fingerprint density at radius 3 is 2.68 bits per heavy atom. The predicted octanol–water partition coefficient (Wildman–Crippen LogP) is 4.02. The molecule has 0 atom stereocenters. The Kier molecular flexibility index (Phi) is 7.25. The van der Waals surface area contributed by atoms with Gasteiger partial charge in [0.1, 0.15) is 5.82 Å². The fraction of sp³-hybridized carbons (Fsp3) is 0.455. The van der Waals surface area contributed by atoms with Crippen LogP contribution in [-0.2, 0) is 4.74 Å². The molecule has 6 nitrogen and oxygen atoms in total. The van der Waals surface area contributed by atoms with Crippen LogP contribution >= 0.6 is 0 Å². The summed E-state index contributed by atoms with van der Waals surface area (Å²) in [6, 6.07) is 11.6. The molecular weight excluding hydrogens is 352 g/mol. The molecule has 0 radical (unpaired) electrons. The molecule has 1 aromatic heterocycles. The molecule has 1 aliphatic rings. The lowest BCUT2D eigenvalue weighted by Gasteiger charge is -2.32. The van der Waals surface area contributed by atoms with Crippen LogP contribution in [0.25, 0.3) is 0 Å². The summed E-state index contributed by atoms with van der Waals surface area (Å²) in [5.41, 5.74) is 2.60. The van der Waals surface area contributed by atoms with Crippen molar-refractivity contribution in [1.82, 2.24) is 4.98 Å². The maximum Gasteiger partial charge on any atom is 0.255 e. The standard InChI is InChI=1S/C22H30N4O2/c1-17-9-13-26(14-10-17)20-6-4-19(5-7-20)25-22(27)18-8-12-24-21(16-18)23-11-3-15-28-2/h4-8,12,16-17H,3,9-11,13-15H2,1-2H3,(H,23,24)(H,25,27). The minimum Gasteiger partial charge on any atom is -0.385 e. The quantitative estimate of drug-likeness (QED) is 0.675. The molecule has 0 aliphatic carbocycles. The number of hydrogen-bond donors (Lipinski definition) is 2. The summed E-state index contributed by atoms with van der Waals surface area (Å²) in [6.45, 7) is 5.96. The monoisotopic (exact) mass is 382 g/mol. The number of carbonyl (C=O) groups is 1. The highest BCUT2D eigenvalue weighted by Gasteiger charge is 2.16. The third-order valence-corrected chi connectivity index (χ3v) is 5.13. The van der Waals surface area contributed by atoms with Crippen LogP contribution in [0.4, 0.5) is 17.2 Å². The molecule has 1 amide bonds. The van der Waals surface area contributed by atoms with E-state index in [1.165, 1.54) is 18.5 Å². The lowest BCUT2D eigenvalue weighted by molar-refractivity contribution is 0.102. The molecule has 2 N–H and O–H groups in total. The first kappa shape index (κ1) is 20.1. The molecule has 1 aromatic carbocycles. The zero-order valence-corrected chi connectivity index (χ0v) is 16.8. The third kappa shape index (κ3) is 5.70. The number of piperidine rings is 1. The van der Waals surface area contributed by atoms with Gasteiger partial charge in [-0.25, -0.2) is 4.98 Å². The van der Waals surface area contributed by atoms with Gasteiger partial charge in [0.15, 0.2) is 0 Å². The van der Waals surface area contributed by atoms with E-state index < -0.39 is 0 Å². The van der Waals surface area contributed by atoms with Crippen LogP contribution in [0, 0.1) is 5.92 Å². The number of amides is 1. The summed E-state index contributed by atoms with van der Waals surface area (Å²) >= 11 is 0. The molecule has 3 rings (SSSR count). The van der Waals surface area contributed by atoms with Crippen molar-refractivity contribution in [3.05, 3.63) is 48.2 Å². The van der Waals surface area contributed by atoms with Crippen LogP contribution < -0.4 is 15.5 Å². The van der Waals surface area contributed by atoms with E-state index in [9.17, 15) is 4.79 Å². The summed E-state index contributed by atoms with van der Waals surface area (Å²) < 4.78 is 5.03. The number of nitrogens with one attached hydrogen (secondary N) is 2. The highest BCUT2D eigenvalue weighted by atomic mass is 16.5. The maximum absolute atomic E-state index is 12.6. The average molecular weight is 383 g/mol. The number of benzene rings is 1. The zero-order chi connectivity index (χ0) is 19.8. The van der Waals surface area contributed by atoms with Crippen LogP contribution in [0.15, 0.2) is 42.6 Å². The van der Waals surface area contributed by atoms with E-state index in [1.54, 1.807) is 25.4 Å². The van der Waals surface area contributed by atoms with Crippen molar-refractivity contribution in [2.45, 2.75) is 26.2 Å². The van der Waals surface area contributed by atoms with E-state index >= 15 is 0 Å². The second-order valence-electron chi connectivity index (χ2n) is 7.37. The van der Waals surface area contributed by atoms with Gasteiger partial charge >= 0.3 is 0 Å². The van der Waals surface area contributed by atoms with Gasteiger partial charge in [0.25, 0.3) is 5.91 Å². The van der Waals surface area contributed by atoms with Crippen molar-refractivity contribution < 1.29 is 9.53 Å². The Hall–Kier alpha value is -2.60. The number of methoxy groups -OCH3 is 1. The van der Waals surface area contributed by atoms with Crippen molar-refractivity contribution in [1.29, 1.82) is 0 Å². The largest absolute Gasteiger partial charge is 0.385 e. The second-order valence-corrected chi connectivity index (χ2v) is 7.37. The number of pyridine rings is 1. The Labute approximate surface area is 167 Å². The first-order chi connectivity index (χ1) is 13.7. The highest BCUT2D eigenvalue weighted by Crippen LogP contribution is 2.24. The number of ether oxygens (including phenoxy) is 1. The topological polar surface area (TPSA) is 66.5 Å². The number of anilines is 3. The number of aromatic nitrogens is 1. The lowest BCUT2D eigenvalue weighted by Crippen LogP contribution is -2.32. The molecule has 0 unspecified atom stereocenters. The molecule has 1 saturated heterocycles. The van der Waals surface area contributed by atoms with Gasteiger partial charge in [0.2, 0.25) is 0 Å². The van der Waals surface area contributed by atoms with E-state index in [1.807, 2.05) is 12.1 Å². The summed E-state index contributed by atoms with van der Waals surface area (Å²) in [5.74, 6) is 1.37. The van der Waals surface area contributed by atoms with Crippen LogP contribution in [0.5, 0.6) is 0 Å². The van der Waals surface area contributed by atoms with Crippen molar-refractivity contribution in [2.24, 2.45) is 5.92 Å². The molecular formula is C22H30N4O2. The van der Waals surface area contributed by atoms with E-state index in [0.717, 1.165) is 37.7 Å². The number of carbonyl (C=O) groups excluding carboxylic acids is 1. The van der Waals surface area contributed by atoms with Gasteiger partial charge in [-0.05, 0) is 61.6 Å². The average Bonchev–Trinajstić information content (AvgIpc) is 2.73. The fourth-order valence-corrected chi connectivity index (χ4v) is 3.33. The SMILES string of the molecule is COCCCNc1cc(C(=O)Nc2ccc(N3CCC(C)CC3)cc2)ccn1. The second kappa shape index (κ2) is 10.1. The van der Waals surface area contributed by atoms with Crippen LogP contribution in [0.3, 0.4) is 0 Å². The molecule has 1 fully saturated rings. The molecule has 2 heterocycles. The fourth-order valence-electron chi connectivity index (χ4n) is 3.33. The van der Waals surface area contributed by atoms with E-state index in [2.05, 4.69) is 39.6 Å². The summed E-state index contributed by atoms with van der Waals surface area (Å²) in [4.78, 5) is 19.2. The van der Waals surface area contributed by atoms with Gasteiger partial charge in [-0.1, -0.05) is 6.92 Å². The summed E-state index contributed by atoms with van der Waals surface area (Å²) in [5, 5.41) is 6.17. The Balaban J connectivity index is 1.55. The molecule has 0 spiro atoms. The van der Waals surface area contributed by atoms with E-state index in [-0.39, 0.29) is 5.91 Å². The lowest BCUT2D eigenvalue weighted by atomic mass is 9.99. The van der Waals surface area contributed by atoms with Gasteiger partial charge in [0.05, 0.1) is 0 Å². The summed E-state index contributed by atoms with van der Waals surface area (Å²) in [6.07, 6.45) is 5.01. The van der Waals surface area contributed by atoms with Crippen LogP contribution in [-0.4, -0.2) is 44.2 Å². The molecule has 150 valence electrons. The predicted molar refractivity (Wildman–Crippen MR) is 114 cm³/mol. The highest BCUT2D eigenvalue weighted by molar-refractivity contribution is 6.04. The molecule has 28 heavy (non-hydrogen) atoms. The first-order valence-electron chi connectivity index (χ1n) is 10.0. The minimum absolute atomic E-state index is 0.137. The first-order valence-corrected chi connectivity index (χ1v) is 10.0. The zero-order valence-electron chi connectivity index (χ0n) is 16.8. The molecule has 0 saturated carbocycles. The molecule has 0 bridgehead atoms.